The van der Waals surface area contributed by atoms with Gasteiger partial charge >= 0.3 is 0 Å². The minimum absolute atomic E-state index is 0.0221. The first-order valence-corrected chi connectivity index (χ1v) is 8.37. The lowest BCUT2D eigenvalue weighted by molar-refractivity contribution is -0.145. The zero-order valence-electron chi connectivity index (χ0n) is 13.3. The molecular formula is C18H26N2O2. The largest absolute Gasteiger partial charge is 0.367 e. The number of carbonyl (C=O) groups is 1. The number of nitrogens with two attached hydrogens (primary N) is 1. The van der Waals surface area contributed by atoms with Crippen molar-refractivity contribution in [3.05, 3.63) is 35.9 Å². The lowest BCUT2D eigenvalue weighted by Gasteiger charge is -2.37. The fourth-order valence-electron chi connectivity index (χ4n) is 3.68. The van der Waals surface area contributed by atoms with E-state index in [-0.39, 0.29) is 24.2 Å². The average molecular weight is 302 g/mol. The van der Waals surface area contributed by atoms with Gasteiger partial charge in [-0.2, -0.15) is 0 Å². The molecule has 4 nitrogen and oxygen atoms in total. The summed E-state index contributed by atoms with van der Waals surface area (Å²) in [5, 5.41) is 0. The molecule has 4 atom stereocenters. The van der Waals surface area contributed by atoms with Gasteiger partial charge in [0.05, 0.1) is 12.6 Å². The molecule has 2 unspecified atom stereocenters. The van der Waals surface area contributed by atoms with Crippen LogP contribution in [0.3, 0.4) is 0 Å². The van der Waals surface area contributed by atoms with Gasteiger partial charge in [-0.1, -0.05) is 36.8 Å². The van der Waals surface area contributed by atoms with Crippen LogP contribution >= 0.6 is 0 Å². The normalized spacial score (nSPS) is 32.2. The Balaban J connectivity index is 1.64. The minimum atomic E-state index is -0.0221. The molecule has 2 N–H and O–H groups in total. The van der Waals surface area contributed by atoms with Crippen molar-refractivity contribution in [2.45, 2.75) is 50.9 Å². The van der Waals surface area contributed by atoms with Crippen LogP contribution in [0.2, 0.25) is 0 Å². The summed E-state index contributed by atoms with van der Waals surface area (Å²) in [7, 11) is 0. The number of nitrogens with zero attached hydrogens (tertiary/aromatic N) is 1. The quantitative estimate of drug-likeness (QED) is 0.933. The first kappa shape index (κ1) is 15.5. The number of hydrogen-bond acceptors (Lipinski definition) is 3. The molecule has 0 spiro atoms. The molecule has 22 heavy (non-hydrogen) atoms. The van der Waals surface area contributed by atoms with E-state index in [4.69, 9.17) is 10.5 Å². The second kappa shape index (κ2) is 6.80. The first-order valence-electron chi connectivity index (χ1n) is 8.37. The SMILES string of the molecule is CC1CN(C(=O)C[C@@H]2CCC[C@H]2N)CC(c2ccccc2)O1. The molecule has 1 aromatic rings. The van der Waals surface area contributed by atoms with Crippen molar-refractivity contribution in [1.29, 1.82) is 0 Å². The molecular weight excluding hydrogens is 276 g/mol. The molecule has 2 fully saturated rings. The van der Waals surface area contributed by atoms with Crippen LogP contribution in [0.5, 0.6) is 0 Å². The maximum atomic E-state index is 12.6. The van der Waals surface area contributed by atoms with E-state index < -0.39 is 0 Å². The second-order valence-electron chi connectivity index (χ2n) is 6.70. The lowest BCUT2D eigenvalue weighted by atomic mass is 9.98. The maximum Gasteiger partial charge on any atom is 0.223 e. The molecule has 120 valence electrons. The molecule has 0 radical (unpaired) electrons. The summed E-state index contributed by atoms with van der Waals surface area (Å²) >= 11 is 0. The van der Waals surface area contributed by atoms with Gasteiger partial charge in [-0.05, 0) is 31.2 Å². The van der Waals surface area contributed by atoms with Crippen LogP contribution in [0.1, 0.15) is 44.3 Å². The Hall–Kier alpha value is -1.39. The smallest absolute Gasteiger partial charge is 0.223 e. The van der Waals surface area contributed by atoms with Crippen LogP contribution in [-0.4, -0.2) is 36.0 Å². The fourth-order valence-corrected chi connectivity index (χ4v) is 3.68. The van der Waals surface area contributed by atoms with Crippen molar-refractivity contribution in [2.24, 2.45) is 11.7 Å². The van der Waals surface area contributed by atoms with Gasteiger partial charge in [-0.3, -0.25) is 4.79 Å². The van der Waals surface area contributed by atoms with Crippen LogP contribution in [0.4, 0.5) is 0 Å². The van der Waals surface area contributed by atoms with Crippen molar-refractivity contribution in [3.8, 4) is 0 Å². The van der Waals surface area contributed by atoms with E-state index in [2.05, 4.69) is 12.1 Å². The highest BCUT2D eigenvalue weighted by Crippen LogP contribution is 2.30. The highest BCUT2D eigenvalue weighted by molar-refractivity contribution is 5.76. The molecule has 1 aromatic carbocycles. The Morgan fingerprint density at radius 2 is 2.05 bits per heavy atom. The first-order chi connectivity index (χ1) is 10.6. The summed E-state index contributed by atoms with van der Waals surface area (Å²) < 4.78 is 6.03. The zero-order valence-corrected chi connectivity index (χ0v) is 13.3. The molecule has 1 saturated carbocycles. The molecule has 3 rings (SSSR count). The summed E-state index contributed by atoms with van der Waals surface area (Å²) in [5.41, 5.74) is 7.25. The van der Waals surface area contributed by atoms with Crippen LogP contribution in [0.25, 0.3) is 0 Å². The van der Waals surface area contributed by atoms with Crippen molar-refractivity contribution in [1.82, 2.24) is 4.90 Å². The van der Waals surface area contributed by atoms with E-state index in [9.17, 15) is 4.79 Å². The summed E-state index contributed by atoms with van der Waals surface area (Å²) in [4.78, 5) is 14.6. The Morgan fingerprint density at radius 1 is 1.27 bits per heavy atom. The van der Waals surface area contributed by atoms with E-state index in [1.165, 1.54) is 0 Å². The average Bonchev–Trinajstić information content (AvgIpc) is 2.92. The van der Waals surface area contributed by atoms with Gasteiger partial charge < -0.3 is 15.4 Å². The zero-order chi connectivity index (χ0) is 15.5. The Kier molecular flexibility index (Phi) is 4.79. The summed E-state index contributed by atoms with van der Waals surface area (Å²) in [6.07, 6.45) is 3.95. The van der Waals surface area contributed by atoms with Gasteiger partial charge in [0, 0.05) is 19.0 Å². The molecule has 1 aliphatic heterocycles. The topological polar surface area (TPSA) is 55.6 Å². The summed E-state index contributed by atoms with van der Waals surface area (Å²) in [5.74, 6) is 0.597. The van der Waals surface area contributed by atoms with Crippen molar-refractivity contribution in [3.63, 3.8) is 0 Å². The fraction of sp³-hybridized carbons (Fsp3) is 0.611. The van der Waals surface area contributed by atoms with E-state index in [0.717, 1.165) is 24.8 Å². The highest BCUT2D eigenvalue weighted by Gasteiger charge is 2.32. The van der Waals surface area contributed by atoms with Gasteiger partial charge in [0.25, 0.3) is 0 Å². The third kappa shape index (κ3) is 3.50. The number of morpholine rings is 1. The molecule has 0 bridgehead atoms. The predicted molar refractivity (Wildman–Crippen MR) is 86.2 cm³/mol. The standard InChI is InChI=1S/C18H26N2O2/c1-13-11-20(18(21)10-15-8-5-9-16(15)19)12-17(22-13)14-6-3-2-4-7-14/h2-4,6-7,13,15-17H,5,8-12,19H2,1H3/t13?,15-,16+,17?/m0/s1. The van der Waals surface area contributed by atoms with Crippen molar-refractivity contribution in [2.75, 3.05) is 13.1 Å². The van der Waals surface area contributed by atoms with Gasteiger partial charge in [0.15, 0.2) is 0 Å². The number of hydrogen-bond donors (Lipinski definition) is 1. The molecule has 1 aliphatic carbocycles. The van der Waals surface area contributed by atoms with Gasteiger partial charge in [0.1, 0.15) is 6.10 Å². The minimum Gasteiger partial charge on any atom is -0.367 e. The number of amides is 1. The van der Waals surface area contributed by atoms with E-state index in [0.29, 0.717) is 25.4 Å². The molecule has 1 heterocycles. The van der Waals surface area contributed by atoms with E-state index >= 15 is 0 Å². The third-order valence-electron chi connectivity index (χ3n) is 4.94. The molecule has 2 aliphatic rings. The molecule has 1 amide bonds. The van der Waals surface area contributed by atoms with Gasteiger partial charge in [-0.25, -0.2) is 0 Å². The Morgan fingerprint density at radius 3 is 2.73 bits per heavy atom. The monoisotopic (exact) mass is 302 g/mol. The molecule has 0 aromatic heterocycles. The van der Waals surface area contributed by atoms with Gasteiger partial charge in [-0.15, -0.1) is 0 Å². The van der Waals surface area contributed by atoms with Crippen LogP contribution < -0.4 is 5.73 Å². The highest BCUT2D eigenvalue weighted by atomic mass is 16.5. The van der Waals surface area contributed by atoms with Gasteiger partial charge in [0.2, 0.25) is 5.91 Å². The Labute approximate surface area is 132 Å². The van der Waals surface area contributed by atoms with Crippen LogP contribution in [0, 0.1) is 5.92 Å². The summed E-state index contributed by atoms with van der Waals surface area (Å²) in [6.45, 7) is 3.37. The Bertz CT molecular complexity index is 505. The van der Waals surface area contributed by atoms with E-state index in [1.807, 2.05) is 30.0 Å². The van der Waals surface area contributed by atoms with Crippen LogP contribution in [-0.2, 0) is 9.53 Å². The molecule has 1 saturated heterocycles. The number of ether oxygens (including phenoxy) is 1. The van der Waals surface area contributed by atoms with Crippen molar-refractivity contribution >= 4 is 5.91 Å². The van der Waals surface area contributed by atoms with Crippen molar-refractivity contribution < 1.29 is 9.53 Å². The lowest BCUT2D eigenvalue weighted by Crippen LogP contribution is -2.46. The number of rotatable bonds is 3. The predicted octanol–water partition coefficient (Wildman–Crippen LogP) is 2.49. The number of carbonyl (C=O) groups excluding carboxylic acids is 1. The molecule has 4 heteroatoms. The summed E-state index contributed by atoms with van der Waals surface area (Å²) in [6, 6.07) is 10.4. The maximum absolute atomic E-state index is 12.6. The van der Waals surface area contributed by atoms with E-state index in [1.54, 1.807) is 0 Å². The number of benzene rings is 1. The second-order valence-corrected chi connectivity index (χ2v) is 6.70. The third-order valence-corrected chi connectivity index (χ3v) is 4.94. The van der Waals surface area contributed by atoms with Crippen LogP contribution in [0.15, 0.2) is 30.3 Å².